The van der Waals surface area contributed by atoms with Crippen LogP contribution in [-0.4, -0.2) is 33.1 Å². The molecular weight excluding hydrogens is 256 g/mol. The van der Waals surface area contributed by atoms with Crippen LogP contribution >= 0.6 is 23.3 Å². The Morgan fingerprint density at radius 3 is 3.00 bits per heavy atom. The Balaban J connectivity index is 2.41. The highest BCUT2D eigenvalue weighted by atomic mass is 32.2. The quantitative estimate of drug-likeness (QED) is 0.698. The van der Waals surface area contributed by atoms with E-state index in [2.05, 4.69) is 21.6 Å². The second-order valence-electron chi connectivity index (χ2n) is 3.93. The van der Waals surface area contributed by atoms with Crippen molar-refractivity contribution in [1.82, 2.24) is 14.7 Å². The first-order chi connectivity index (χ1) is 8.08. The summed E-state index contributed by atoms with van der Waals surface area (Å²) >= 11 is 2.97. The Labute approximate surface area is 110 Å². The van der Waals surface area contributed by atoms with Crippen molar-refractivity contribution >= 4 is 29.2 Å². The van der Waals surface area contributed by atoms with E-state index in [4.69, 9.17) is 5.73 Å². The first-order valence-corrected chi connectivity index (χ1v) is 7.29. The number of nitrogens with one attached hydrogen (secondary N) is 1. The third-order valence-corrected chi connectivity index (χ3v) is 4.28. The highest BCUT2D eigenvalue weighted by Crippen LogP contribution is 2.22. The van der Waals surface area contributed by atoms with Gasteiger partial charge < -0.3 is 11.1 Å². The second kappa shape index (κ2) is 6.93. The third-order valence-electron chi connectivity index (χ3n) is 2.48. The standard InChI is InChI=1S/C10H18N4OS2/c1-3-5-13-10(2,8(11)15)4-6-16-9-12-7-14-17-9/h7,13H,3-6H2,1-2H3,(H2,11,15). The van der Waals surface area contributed by atoms with E-state index >= 15 is 0 Å². The topological polar surface area (TPSA) is 80.9 Å². The zero-order valence-corrected chi connectivity index (χ0v) is 11.7. The smallest absolute Gasteiger partial charge is 0.237 e. The maximum absolute atomic E-state index is 11.4. The van der Waals surface area contributed by atoms with Crippen LogP contribution in [0.5, 0.6) is 0 Å². The van der Waals surface area contributed by atoms with Gasteiger partial charge in [-0.3, -0.25) is 4.79 Å². The minimum atomic E-state index is -0.631. The molecule has 0 spiro atoms. The summed E-state index contributed by atoms with van der Waals surface area (Å²) < 4.78 is 4.85. The lowest BCUT2D eigenvalue weighted by molar-refractivity contribution is -0.123. The van der Waals surface area contributed by atoms with Crippen molar-refractivity contribution in [1.29, 1.82) is 0 Å². The van der Waals surface area contributed by atoms with Gasteiger partial charge in [0.05, 0.1) is 5.54 Å². The number of primary amides is 1. The van der Waals surface area contributed by atoms with Crippen LogP contribution in [0, 0.1) is 0 Å². The van der Waals surface area contributed by atoms with E-state index in [0.717, 1.165) is 23.1 Å². The summed E-state index contributed by atoms with van der Waals surface area (Å²) in [6.07, 6.45) is 3.20. The summed E-state index contributed by atoms with van der Waals surface area (Å²) in [7, 11) is 0. The van der Waals surface area contributed by atoms with E-state index in [1.807, 2.05) is 6.92 Å². The van der Waals surface area contributed by atoms with Gasteiger partial charge in [-0.2, -0.15) is 4.37 Å². The molecule has 1 unspecified atom stereocenters. The maximum Gasteiger partial charge on any atom is 0.237 e. The van der Waals surface area contributed by atoms with Crippen molar-refractivity contribution in [3.05, 3.63) is 6.33 Å². The van der Waals surface area contributed by atoms with Gasteiger partial charge in [-0.05, 0) is 37.8 Å². The Bertz CT molecular complexity index is 344. The molecule has 1 heterocycles. The minimum absolute atomic E-state index is 0.302. The largest absolute Gasteiger partial charge is 0.368 e. The van der Waals surface area contributed by atoms with Gasteiger partial charge in [0.1, 0.15) is 6.33 Å². The molecule has 7 heteroatoms. The number of carbonyl (C=O) groups excluding carboxylic acids is 1. The fraction of sp³-hybridized carbons (Fsp3) is 0.700. The molecule has 0 fully saturated rings. The molecule has 0 saturated carbocycles. The second-order valence-corrected chi connectivity index (χ2v) is 6.05. The van der Waals surface area contributed by atoms with Crippen LogP contribution in [0.1, 0.15) is 26.7 Å². The van der Waals surface area contributed by atoms with Crippen molar-refractivity contribution in [2.24, 2.45) is 5.73 Å². The number of carbonyl (C=O) groups is 1. The maximum atomic E-state index is 11.4. The fourth-order valence-electron chi connectivity index (χ4n) is 1.27. The van der Waals surface area contributed by atoms with Crippen LogP contribution in [0.15, 0.2) is 10.7 Å². The molecule has 3 N–H and O–H groups in total. The molecule has 0 saturated heterocycles. The normalized spacial score (nSPS) is 14.5. The van der Waals surface area contributed by atoms with Crippen LogP contribution in [0.3, 0.4) is 0 Å². The van der Waals surface area contributed by atoms with Gasteiger partial charge in [0.2, 0.25) is 5.91 Å². The Morgan fingerprint density at radius 1 is 1.71 bits per heavy atom. The van der Waals surface area contributed by atoms with Crippen molar-refractivity contribution in [3.63, 3.8) is 0 Å². The lowest BCUT2D eigenvalue weighted by atomic mass is 9.98. The molecule has 17 heavy (non-hydrogen) atoms. The highest BCUT2D eigenvalue weighted by molar-refractivity contribution is 8.00. The van der Waals surface area contributed by atoms with E-state index < -0.39 is 5.54 Å². The molecule has 0 bridgehead atoms. The van der Waals surface area contributed by atoms with Crippen molar-refractivity contribution in [2.75, 3.05) is 12.3 Å². The predicted molar refractivity (Wildman–Crippen MR) is 71.1 cm³/mol. The molecule has 0 aliphatic heterocycles. The number of hydrogen-bond acceptors (Lipinski definition) is 6. The van der Waals surface area contributed by atoms with E-state index in [0.29, 0.717) is 6.42 Å². The monoisotopic (exact) mass is 274 g/mol. The molecule has 0 aliphatic carbocycles. The summed E-state index contributed by atoms with van der Waals surface area (Å²) in [4.78, 5) is 15.5. The number of nitrogens with zero attached hydrogens (tertiary/aromatic N) is 2. The number of rotatable bonds is 8. The summed E-state index contributed by atoms with van der Waals surface area (Å²) in [5, 5.41) is 3.20. The Kier molecular flexibility index (Phi) is 5.87. The highest BCUT2D eigenvalue weighted by Gasteiger charge is 2.29. The zero-order chi connectivity index (χ0) is 12.7. The summed E-state index contributed by atoms with van der Waals surface area (Å²) in [5.74, 6) is 0.495. The molecule has 0 aliphatic rings. The predicted octanol–water partition coefficient (Wildman–Crippen LogP) is 1.26. The number of nitrogens with two attached hydrogens (primary N) is 1. The first-order valence-electron chi connectivity index (χ1n) is 5.53. The number of hydrogen-bond donors (Lipinski definition) is 2. The molecule has 0 aromatic carbocycles. The van der Waals surface area contributed by atoms with E-state index in [-0.39, 0.29) is 5.91 Å². The fourth-order valence-corrected chi connectivity index (χ4v) is 2.94. The molecular formula is C10H18N4OS2. The molecule has 1 aromatic heterocycles. The summed E-state index contributed by atoms with van der Waals surface area (Å²) in [6.45, 7) is 4.71. The van der Waals surface area contributed by atoms with Crippen LogP contribution < -0.4 is 11.1 Å². The Hall–Kier alpha value is -0.660. The lowest BCUT2D eigenvalue weighted by Crippen LogP contribution is -2.53. The molecule has 1 aromatic rings. The molecule has 96 valence electrons. The number of aromatic nitrogens is 2. The molecule has 1 atom stereocenters. The number of amides is 1. The lowest BCUT2D eigenvalue weighted by Gasteiger charge is -2.27. The molecule has 0 radical (unpaired) electrons. The van der Waals surface area contributed by atoms with Crippen LogP contribution in [0.2, 0.25) is 0 Å². The van der Waals surface area contributed by atoms with Gasteiger partial charge >= 0.3 is 0 Å². The van der Waals surface area contributed by atoms with Gasteiger partial charge in [0.15, 0.2) is 4.34 Å². The average Bonchev–Trinajstić information content (AvgIpc) is 2.79. The van der Waals surface area contributed by atoms with Crippen molar-refractivity contribution in [3.8, 4) is 0 Å². The van der Waals surface area contributed by atoms with E-state index in [9.17, 15) is 4.79 Å². The van der Waals surface area contributed by atoms with E-state index in [1.54, 1.807) is 11.8 Å². The van der Waals surface area contributed by atoms with Crippen molar-refractivity contribution < 1.29 is 4.79 Å². The SMILES string of the molecule is CCCNC(C)(CCSc1ncns1)C(N)=O. The summed E-state index contributed by atoms with van der Waals surface area (Å²) in [6, 6.07) is 0. The van der Waals surface area contributed by atoms with Crippen LogP contribution in [0.4, 0.5) is 0 Å². The number of thioether (sulfide) groups is 1. The van der Waals surface area contributed by atoms with Gasteiger partial charge in [-0.1, -0.05) is 18.7 Å². The van der Waals surface area contributed by atoms with Gasteiger partial charge in [-0.15, -0.1) is 0 Å². The van der Waals surface area contributed by atoms with Crippen LogP contribution in [0.25, 0.3) is 0 Å². The van der Waals surface area contributed by atoms with Gasteiger partial charge in [0, 0.05) is 5.75 Å². The third kappa shape index (κ3) is 4.61. The molecule has 5 nitrogen and oxygen atoms in total. The van der Waals surface area contributed by atoms with Gasteiger partial charge in [0.25, 0.3) is 0 Å². The van der Waals surface area contributed by atoms with E-state index in [1.165, 1.54) is 17.9 Å². The first kappa shape index (κ1) is 14.4. The average molecular weight is 274 g/mol. The van der Waals surface area contributed by atoms with Crippen LogP contribution in [-0.2, 0) is 4.79 Å². The minimum Gasteiger partial charge on any atom is -0.368 e. The van der Waals surface area contributed by atoms with Crippen molar-refractivity contribution in [2.45, 2.75) is 36.6 Å². The zero-order valence-electron chi connectivity index (χ0n) is 10.1. The molecule has 1 rings (SSSR count). The summed E-state index contributed by atoms with van der Waals surface area (Å²) in [5.41, 5.74) is 4.80. The Morgan fingerprint density at radius 2 is 2.47 bits per heavy atom. The van der Waals surface area contributed by atoms with Gasteiger partial charge in [-0.25, -0.2) is 4.98 Å². The molecule has 1 amide bonds.